The zero-order valence-electron chi connectivity index (χ0n) is 10.1. The van der Waals surface area contributed by atoms with E-state index >= 15 is 0 Å². The number of aryl methyl sites for hydroxylation is 1. The van der Waals surface area contributed by atoms with Crippen molar-refractivity contribution in [3.05, 3.63) is 45.7 Å². The first kappa shape index (κ1) is 13.2. The van der Waals surface area contributed by atoms with Crippen LogP contribution in [0.2, 0.25) is 0 Å². The molecule has 0 aliphatic rings. The second kappa shape index (κ2) is 5.57. The molecule has 0 saturated heterocycles. The van der Waals surface area contributed by atoms with Crippen molar-refractivity contribution >= 4 is 23.2 Å². The maximum Gasteiger partial charge on any atom is 0.337 e. The second-order valence-electron chi connectivity index (χ2n) is 3.78. The summed E-state index contributed by atoms with van der Waals surface area (Å²) in [5.41, 5.74) is 2.85. The van der Waals surface area contributed by atoms with Gasteiger partial charge in [-0.1, -0.05) is 0 Å². The summed E-state index contributed by atoms with van der Waals surface area (Å²) in [6.07, 6.45) is 1.16. The van der Waals surface area contributed by atoms with Gasteiger partial charge in [-0.3, -0.25) is 9.78 Å². The van der Waals surface area contributed by atoms with E-state index in [1.54, 1.807) is 5.51 Å². The quantitative estimate of drug-likeness (QED) is 0.883. The van der Waals surface area contributed by atoms with Crippen LogP contribution in [-0.4, -0.2) is 27.0 Å². The van der Waals surface area contributed by atoms with E-state index in [-0.39, 0.29) is 17.2 Å². The molecule has 0 spiro atoms. The van der Waals surface area contributed by atoms with Gasteiger partial charge in [-0.15, -0.1) is 11.3 Å². The Morgan fingerprint density at radius 1 is 1.37 bits per heavy atom. The Balaban J connectivity index is 2.00. The van der Waals surface area contributed by atoms with E-state index in [1.165, 1.54) is 23.5 Å². The number of aromatic nitrogens is 2. The fourth-order valence-electron chi connectivity index (χ4n) is 1.40. The number of thiazole rings is 1. The van der Waals surface area contributed by atoms with Crippen LogP contribution in [0.25, 0.3) is 0 Å². The van der Waals surface area contributed by atoms with Crippen LogP contribution in [0.15, 0.2) is 23.8 Å². The molecule has 0 atom stereocenters. The van der Waals surface area contributed by atoms with Crippen LogP contribution in [0, 0.1) is 6.92 Å². The van der Waals surface area contributed by atoms with Crippen LogP contribution >= 0.6 is 11.3 Å². The van der Waals surface area contributed by atoms with Crippen molar-refractivity contribution in [1.82, 2.24) is 15.3 Å². The van der Waals surface area contributed by atoms with Gasteiger partial charge in [-0.05, 0) is 19.1 Å². The summed E-state index contributed by atoms with van der Waals surface area (Å²) in [5, 5.41) is 11.4. The van der Waals surface area contributed by atoms with Gasteiger partial charge < -0.3 is 10.4 Å². The van der Waals surface area contributed by atoms with Gasteiger partial charge in [-0.2, -0.15) is 0 Å². The molecule has 1 amide bonds. The minimum atomic E-state index is -1.07. The molecule has 0 unspecified atom stereocenters. The van der Waals surface area contributed by atoms with Gasteiger partial charge >= 0.3 is 5.97 Å². The average molecular weight is 277 g/mol. The molecule has 0 aromatic carbocycles. The molecule has 0 aliphatic carbocycles. The number of aromatic carboxylic acids is 1. The highest BCUT2D eigenvalue weighted by molar-refractivity contribution is 7.09. The SMILES string of the molecule is Cc1ncsc1CNC(=O)c1ccc(C(=O)O)cn1. The lowest BCUT2D eigenvalue weighted by atomic mass is 10.2. The van der Waals surface area contributed by atoms with Gasteiger partial charge in [0.2, 0.25) is 0 Å². The predicted molar refractivity (Wildman–Crippen MR) is 69.2 cm³/mol. The summed E-state index contributed by atoms with van der Waals surface area (Å²) in [4.78, 5) is 31.3. The lowest BCUT2D eigenvalue weighted by Crippen LogP contribution is -2.23. The van der Waals surface area contributed by atoms with E-state index in [0.717, 1.165) is 16.8 Å². The van der Waals surface area contributed by atoms with E-state index < -0.39 is 5.97 Å². The number of rotatable bonds is 4. The number of nitrogens with one attached hydrogen (secondary N) is 1. The van der Waals surface area contributed by atoms with Crippen LogP contribution in [0.1, 0.15) is 31.4 Å². The molecule has 2 rings (SSSR count). The Bertz CT molecular complexity index is 607. The highest BCUT2D eigenvalue weighted by atomic mass is 32.1. The van der Waals surface area contributed by atoms with Crippen molar-refractivity contribution in [1.29, 1.82) is 0 Å². The van der Waals surface area contributed by atoms with E-state index in [2.05, 4.69) is 15.3 Å². The first-order chi connectivity index (χ1) is 9.08. The Morgan fingerprint density at radius 2 is 2.16 bits per heavy atom. The van der Waals surface area contributed by atoms with Crippen LogP contribution in [0.3, 0.4) is 0 Å². The van der Waals surface area contributed by atoms with Crippen molar-refractivity contribution in [2.45, 2.75) is 13.5 Å². The van der Waals surface area contributed by atoms with Crippen molar-refractivity contribution in [2.24, 2.45) is 0 Å². The first-order valence-corrected chi connectivity index (χ1v) is 6.32. The van der Waals surface area contributed by atoms with Crippen molar-refractivity contribution < 1.29 is 14.7 Å². The first-order valence-electron chi connectivity index (χ1n) is 5.44. The Labute approximate surface area is 113 Å². The van der Waals surface area contributed by atoms with Crippen LogP contribution in [0.4, 0.5) is 0 Å². The molecule has 19 heavy (non-hydrogen) atoms. The highest BCUT2D eigenvalue weighted by Gasteiger charge is 2.10. The Hall–Kier alpha value is -2.28. The van der Waals surface area contributed by atoms with Gasteiger partial charge in [0.1, 0.15) is 5.69 Å². The van der Waals surface area contributed by atoms with Crippen molar-refractivity contribution in [3.63, 3.8) is 0 Å². The van der Waals surface area contributed by atoms with Gasteiger partial charge in [0, 0.05) is 11.1 Å². The van der Waals surface area contributed by atoms with Crippen LogP contribution in [-0.2, 0) is 6.54 Å². The smallest absolute Gasteiger partial charge is 0.337 e. The average Bonchev–Trinajstić information content (AvgIpc) is 2.81. The fraction of sp³-hybridized carbons (Fsp3) is 0.167. The molecule has 2 N–H and O–H groups in total. The molecule has 0 fully saturated rings. The Morgan fingerprint density at radius 3 is 2.68 bits per heavy atom. The van der Waals surface area contributed by atoms with Crippen LogP contribution in [0.5, 0.6) is 0 Å². The number of nitrogens with zero attached hydrogens (tertiary/aromatic N) is 2. The third-order valence-corrected chi connectivity index (χ3v) is 3.43. The van der Waals surface area contributed by atoms with E-state index in [1.807, 2.05) is 6.92 Å². The summed E-state index contributed by atoms with van der Waals surface area (Å²) in [6.45, 7) is 2.26. The van der Waals surface area contributed by atoms with Crippen LogP contribution < -0.4 is 5.32 Å². The minimum absolute atomic E-state index is 0.0508. The predicted octanol–water partition coefficient (Wildman–Crippen LogP) is 1.47. The molecule has 2 aromatic heterocycles. The number of carboxylic acid groups (broad SMARTS) is 1. The van der Waals surface area contributed by atoms with Crippen molar-refractivity contribution in [3.8, 4) is 0 Å². The molecule has 6 nitrogen and oxygen atoms in total. The molecule has 0 aliphatic heterocycles. The standard InChI is InChI=1S/C12H11N3O3S/c1-7-10(19-6-15-7)5-14-11(16)9-3-2-8(4-13-9)12(17)18/h2-4,6H,5H2,1H3,(H,14,16)(H,17,18). The fourth-order valence-corrected chi connectivity index (χ4v) is 2.12. The maximum absolute atomic E-state index is 11.8. The lowest BCUT2D eigenvalue weighted by Gasteiger charge is -2.03. The summed E-state index contributed by atoms with van der Waals surface area (Å²) in [5.74, 6) is -1.41. The molecule has 7 heteroatoms. The van der Waals surface area contributed by atoms with E-state index in [9.17, 15) is 9.59 Å². The highest BCUT2D eigenvalue weighted by Crippen LogP contribution is 2.11. The normalized spacial score (nSPS) is 10.2. The van der Waals surface area contributed by atoms with Gasteiger partial charge in [0.25, 0.3) is 5.91 Å². The molecule has 2 aromatic rings. The number of amides is 1. The summed E-state index contributed by atoms with van der Waals surface area (Å²) < 4.78 is 0. The number of carboxylic acids is 1. The van der Waals surface area contributed by atoms with E-state index in [0.29, 0.717) is 6.54 Å². The monoisotopic (exact) mass is 277 g/mol. The molecule has 98 valence electrons. The number of hydrogen-bond acceptors (Lipinski definition) is 5. The number of hydrogen-bond donors (Lipinski definition) is 2. The maximum atomic E-state index is 11.8. The molecular weight excluding hydrogens is 266 g/mol. The third kappa shape index (κ3) is 3.14. The topological polar surface area (TPSA) is 92.2 Å². The molecule has 0 bridgehead atoms. The molecular formula is C12H11N3O3S. The second-order valence-corrected chi connectivity index (χ2v) is 4.72. The number of carbonyl (C=O) groups excluding carboxylic acids is 1. The van der Waals surface area contributed by atoms with Crippen molar-refractivity contribution in [2.75, 3.05) is 0 Å². The largest absolute Gasteiger partial charge is 0.478 e. The summed E-state index contributed by atoms with van der Waals surface area (Å²) >= 11 is 1.47. The summed E-state index contributed by atoms with van der Waals surface area (Å²) in [7, 11) is 0. The third-order valence-electron chi connectivity index (χ3n) is 2.50. The number of carbonyl (C=O) groups is 2. The minimum Gasteiger partial charge on any atom is -0.478 e. The van der Waals surface area contributed by atoms with Gasteiger partial charge in [0.05, 0.1) is 23.3 Å². The van der Waals surface area contributed by atoms with E-state index in [4.69, 9.17) is 5.11 Å². The molecule has 0 radical (unpaired) electrons. The molecule has 0 saturated carbocycles. The number of pyridine rings is 1. The molecule has 2 heterocycles. The zero-order chi connectivity index (χ0) is 13.8. The zero-order valence-corrected chi connectivity index (χ0v) is 10.9. The lowest BCUT2D eigenvalue weighted by molar-refractivity contribution is 0.0695. The Kier molecular flexibility index (Phi) is 3.86. The summed E-state index contributed by atoms with van der Waals surface area (Å²) in [6, 6.07) is 2.74. The van der Waals surface area contributed by atoms with Gasteiger partial charge in [0.15, 0.2) is 0 Å². The van der Waals surface area contributed by atoms with Gasteiger partial charge in [-0.25, -0.2) is 9.78 Å².